The van der Waals surface area contributed by atoms with Gasteiger partial charge >= 0.3 is 0 Å². The minimum Gasteiger partial charge on any atom is -0.375 e. The van der Waals surface area contributed by atoms with Crippen LogP contribution in [0, 0.1) is 17.8 Å². The summed E-state index contributed by atoms with van der Waals surface area (Å²) >= 11 is 0. The van der Waals surface area contributed by atoms with E-state index in [1.807, 2.05) is 4.90 Å². The average molecular weight is 394 g/mol. The number of methoxy groups -OCH3 is 1. The Hall–Kier alpha value is -1.63. The molecule has 0 aromatic carbocycles. The largest absolute Gasteiger partial charge is 0.375 e. The Morgan fingerprint density at radius 1 is 0.929 bits per heavy atom. The fourth-order valence-corrected chi connectivity index (χ4v) is 4.74. The molecule has 3 fully saturated rings. The summed E-state index contributed by atoms with van der Waals surface area (Å²) < 4.78 is 4.81. The number of ether oxygens (including phenoxy) is 1. The highest BCUT2D eigenvalue weighted by Gasteiger charge is 2.36. The van der Waals surface area contributed by atoms with Crippen molar-refractivity contribution in [1.29, 1.82) is 0 Å². The number of carbonyl (C=O) groups is 3. The number of carbonyl (C=O) groups excluding carboxylic acids is 3. The number of likely N-dealkylation sites (tertiary alicyclic amines) is 2. The van der Waals surface area contributed by atoms with Gasteiger partial charge in [-0.3, -0.25) is 14.4 Å². The van der Waals surface area contributed by atoms with Crippen LogP contribution in [0.3, 0.4) is 0 Å². The molecule has 3 rings (SSSR count). The highest BCUT2D eigenvalue weighted by Crippen LogP contribution is 2.36. The van der Waals surface area contributed by atoms with Crippen LogP contribution in [0.25, 0.3) is 0 Å². The molecule has 0 spiro atoms. The summed E-state index contributed by atoms with van der Waals surface area (Å²) in [5, 5.41) is 2.71. The van der Waals surface area contributed by atoms with Gasteiger partial charge in [0, 0.05) is 39.2 Å². The first-order valence-electron chi connectivity index (χ1n) is 10.9. The van der Waals surface area contributed by atoms with Crippen molar-refractivity contribution in [2.24, 2.45) is 17.8 Å². The second kappa shape index (κ2) is 9.72. The molecule has 158 valence electrons. The fraction of sp³-hybridized carbons (Fsp3) is 0.857. The minimum atomic E-state index is -0.518. The van der Waals surface area contributed by atoms with Gasteiger partial charge in [-0.2, -0.15) is 0 Å². The molecule has 7 nitrogen and oxygen atoms in total. The molecular weight excluding hydrogens is 358 g/mol. The van der Waals surface area contributed by atoms with Gasteiger partial charge in [-0.15, -0.1) is 0 Å². The molecule has 2 unspecified atom stereocenters. The molecule has 2 aliphatic heterocycles. The van der Waals surface area contributed by atoms with Crippen LogP contribution in [0.1, 0.15) is 51.9 Å². The molecule has 2 saturated heterocycles. The van der Waals surface area contributed by atoms with Crippen molar-refractivity contribution in [2.75, 3.05) is 39.9 Å². The van der Waals surface area contributed by atoms with Gasteiger partial charge in [-0.25, -0.2) is 0 Å². The van der Waals surface area contributed by atoms with E-state index in [0.717, 1.165) is 71.1 Å². The zero-order valence-electron chi connectivity index (χ0n) is 17.3. The molecule has 0 aromatic heterocycles. The van der Waals surface area contributed by atoms with Crippen LogP contribution >= 0.6 is 0 Å². The van der Waals surface area contributed by atoms with Crippen molar-refractivity contribution in [1.82, 2.24) is 15.1 Å². The molecule has 3 aliphatic rings. The minimum absolute atomic E-state index is 0.00467. The summed E-state index contributed by atoms with van der Waals surface area (Å²) in [6.45, 7) is 5.05. The van der Waals surface area contributed by atoms with E-state index in [4.69, 9.17) is 4.74 Å². The lowest BCUT2D eigenvalue weighted by molar-refractivity contribution is -0.137. The maximum absolute atomic E-state index is 12.7. The predicted molar refractivity (Wildman–Crippen MR) is 105 cm³/mol. The SMILES string of the molecule is COCC(=O)NC(C)C(=O)N1CCCC(C2CCN(C(=O)C3CC3)CC2)CC1. The molecule has 0 aromatic rings. The number of nitrogens with one attached hydrogen (secondary N) is 1. The Morgan fingerprint density at radius 3 is 2.14 bits per heavy atom. The van der Waals surface area contributed by atoms with E-state index in [1.165, 1.54) is 7.11 Å². The normalized spacial score (nSPS) is 25.1. The number of hydrogen-bond donors (Lipinski definition) is 1. The average Bonchev–Trinajstić information content (AvgIpc) is 3.54. The summed E-state index contributed by atoms with van der Waals surface area (Å²) in [7, 11) is 1.47. The molecule has 1 N–H and O–H groups in total. The zero-order chi connectivity index (χ0) is 20.1. The predicted octanol–water partition coefficient (Wildman–Crippen LogP) is 1.41. The molecule has 2 atom stereocenters. The molecular formula is C21H35N3O4. The summed E-state index contributed by atoms with van der Waals surface area (Å²) in [6, 6.07) is -0.518. The van der Waals surface area contributed by atoms with E-state index in [0.29, 0.717) is 23.7 Å². The van der Waals surface area contributed by atoms with Gasteiger partial charge in [0.2, 0.25) is 17.7 Å². The summed E-state index contributed by atoms with van der Waals surface area (Å²) in [5.41, 5.74) is 0. The molecule has 1 saturated carbocycles. The maximum atomic E-state index is 12.7. The van der Waals surface area contributed by atoms with Crippen LogP contribution in [-0.2, 0) is 19.1 Å². The summed E-state index contributed by atoms with van der Waals surface area (Å²) in [4.78, 5) is 40.6. The lowest BCUT2D eigenvalue weighted by Crippen LogP contribution is -2.48. The lowest BCUT2D eigenvalue weighted by Gasteiger charge is -2.36. The molecule has 2 heterocycles. The molecule has 7 heteroatoms. The van der Waals surface area contributed by atoms with Gasteiger partial charge in [-0.05, 0) is 63.7 Å². The summed E-state index contributed by atoms with van der Waals surface area (Å²) in [6.07, 6.45) is 7.53. The van der Waals surface area contributed by atoms with Crippen molar-refractivity contribution in [3.63, 3.8) is 0 Å². The smallest absolute Gasteiger partial charge is 0.246 e. The van der Waals surface area contributed by atoms with Gasteiger partial charge < -0.3 is 19.9 Å². The highest BCUT2D eigenvalue weighted by molar-refractivity contribution is 5.87. The second-order valence-electron chi connectivity index (χ2n) is 8.68. The Labute approximate surface area is 168 Å². The van der Waals surface area contributed by atoms with Gasteiger partial charge in [0.15, 0.2) is 0 Å². The van der Waals surface area contributed by atoms with E-state index < -0.39 is 6.04 Å². The molecule has 1 aliphatic carbocycles. The molecule has 0 bridgehead atoms. The van der Waals surface area contributed by atoms with Gasteiger partial charge in [0.05, 0.1) is 0 Å². The number of amides is 3. The first kappa shape index (κ1) is 21.1. The van der Waals surface area contributed by atoms with Crippen molar-refractivity contribution < 1.29 is 19.1 Å². The van der Waals surface area contributed by atoms with Crippen molar-refractivity contribution in [3.8, 4) is 0 Å². The number of piperidine rings is 1. The zero-order valence-corrected chi connectivity index (χ0v) is 17.3. The Bertz CT molecular complexity index is 570. The van der Waals surface area contributed by atoms with Crippen LogP contribution in [0.5, 0.6) is 0 Å². The molecule has 28 heavy (non-hydrogen) atoms. The lowest BCUT2D eigenvalue weighted by atomic mass is 9.80. The third kappa shape index (κ3) is 5.46. The number of nitrogens with zero attached hydrogens (tertiary/aromatic N) is 2. The first-order valence-corrected chi connectivity index (χ1v) is 10.9. The second-order valence-corrected chi connectivity index (χ2v) is 8.68. The van der Waals surface area contributed by atoms with Crippen LogP contribution < -0.4 is 5.32 Å². The van der Waals surface area contributed by atoms with Crippen molar-refractivity contribution in [2.45, 2.75) is 57.9 Å². The first-order chi connectivity index (χ1) is 13.5. The van der Waals surface area contributed by atoms with E-state index in [-0.39, 0.29) is 18.4 Å². The van der Waals surface area contributed by atoms with Gasteiger partial charge in [0.25, 0.3) is 0 Å². The number of rotatable bonds is 6. The van der Waals surface area contributed by atoms with Gasteiger partial charge in [0.1, 0.15) is 12.6 Å². The standard InChI is InChI=1S/C21H35N3O4/c1-15(22-19(25)14-28-2)20(26)23-10-3-4-16(7-11-23)17-8-12-24(13-9-17)21(27)18-5-6-18/h15-18H,3-14H2,1-2H3,(H,22,25). The van der Waals surface area contributed by atoms with Crippen LogP contribution in [-0.4, -0.2) is 73.5 Å². The number of hydrogen-bond acceptors (Lipinski definition) is 4. The van der Waals surface area contributed by atoms with E-state index in [1.54, 1.807) is 6.92 Å². The topological polar surface area (TPSA) is 79.0 Å². The Balaban J connectivity index is 1.43. The Morgan fingerprint density at radius 2 is 1.54 bits per heavy atom. The third-order valence-corrected chi connectivity index (χ3v) is 6.55. The molecule has 3 amide bonds. The molecule has 0 radical (unpaired) electrons. The van der Waals surface area contributed by atoms with E-state index >= 15 is 0 Å². The van der Waals surface area contributed by atoms with Gasteiger partial charge in [-0.1, -0.05) is 0 Å². The fourth-order valence-electron chi connectivity index (χ4n) is 4.74. The van der Waals surface area contributed by atoms with Crippen molar-refractivity contribution in [3.05, 3.63) is 0 Å². The monoisotopic (exact) mass is 393 g/mol. The van der Waals surface area contributed by atoms with Crippen LogP contribution in [0.15, 0.2) is 0 Å². The van der Waals surface area contributed by atoms with Crippen LogP contribution in [0.2, 0.25) is 0 Å². The van der Waals surface area contributed by atoms with E-state index in [2.05, 4.69) is 10.2 Å². The van der Waals surface area contributed by atoms with E-state index in [9.17, 15) is 14.4 Å². The summed E-state index contributed by atoms with van der Waals surface area (Å²) in [5.74, 6) is 1.73. The quantitative estimate of drug-likeness (QED) is 0.740. The third-order valence-electron chi connectivity index (χ3n) is 6.55. The van der Waals surface area contributed by atoms with Crippen molar-refractivity contribution >= 4 is 17.7 Å². The van der Waals surface area contributed by atoms with Crippen LogP contribution in [0.4, 0.5) is 0 Å². The highest BCUT2D eigenvalue weighted by atomic mass is 16.5. The maximum Gasteiger partial charge on any atom is 0.246 e. The Kier molecular flexibility index (Phi) is 7.32.